The van der Waals surface area contributed by atoms with Crippen molar-refractivity contribution in [3.05, 3.63) is 57.8 Å². The second kappa shape index (κ2) is 8.26. The Balaban J connectivity index is 1.87. The van der Waals surface area contributed by atoms with E-state index >= 15 is 0 Å². The van der Waals surface area contributed by atoms with E-state index in [0.717, 1.165) is 6.07 Å². The monoisotopic (exact) mass is 371 g/mol. The number of amides is 1. The molecule has 2 rings (SSSR count). The lowest BCUT2D eigenvalue weighted by Gasteiger charge is -2.17. The van der Waals surface area contributed by atoms with Gasteiger partial charge in [-0.3, -0.25) is 9.59 Å². The van der Waals surface area contributed by atoms with Crippen LogP contribution in [0.4, 0.5) is 13.2 Å². The van der Waals surface area contributed by atoms with Crippen molar-refractivity contribution < 1.29 is 27.9 Å². The van der Waals surface area contributed by atoms with Gasteiger partial charge in [-0.1, -0.05) is 24.3 Å². The number of ketones is 1. The molecule has 1 amide bonds. The van der Waals surface area contributed by atoms with E-state index in [-0.39, 0.29) is 30.7 Å². The van der Waals surface area contributed by atoms with Gasteiger partial charge in [0, 0.05) is 19.4 Å². The van der Waals surface area contributed by atoms with Gasteiger partial charge in [0.25, 0.3) is 0 Å². The van der Waals surface area contributed by atoms with Gasteiger partial charge in [-0.25, -0.2) is 0 Å². The summed E-state index contributed by atoms with van der Waals surface area (Å²) in [6.45, 7) is -0.362. The van der Waals surface area contributed by atoms with Crippen LogP contribution in [-0.4, -0.2) is 23.3 Å². The maximum Gasteiger partial charge on any atom is 0.416 e. The van der Waals surface area contributed by atoms with Crippen LogP contribution in [0.5, 0.6) is 0 Å². The van der Waals surface area contributed by atoms with Gasteiger partial charge in [0.05, 0.1) is 16.5 Å². The van der Waals surface area contributed by atoms with Crippen LogP contribution in [0.1, 0.15) is 39.7 Å². The molecular weight excluding hydrogens is 355 g/mol. The van der Waals surface area contributed by atoms with E-state index in [1.165, 1.54) is 29.5 Å². The molecule has 2 N–H and O–H groups in total. The Morgan fingerprint density at radius 1 is 1.12 bits per heavy atom. The van der Waals surface area contributed by atoms with Crippen molar-refractivity contribution in [3.63, 3.8) is 0 Å². The Labute approximate surface area is 146 Å². The highest BCUT2D eigenvalue weighted by molar-refractivity contribution is 7.12. The first-order valence-corrected chi connectivity index (χ1v) is 8.34. The van der Waals surface area contributed by atoms with Gasteiger partial charge in [0.15, 0.2) is 5.78 Å². The molecule has 0 fully saturated rings. The maximum atomic E-state index is 12.9. The number of Topliss-reactive ketones (excluding diaryl/α,β-unsaturated/α-hetero) is 1. The predicted molar refractivity (Wildman–Crippen MR) is 87.3 cm³/mol. The lowest BCUT2D eigenvalue weighted by Crippen LogP contribution is -2.29. The Kier molecular flexibility index (Phi) is 6.33. The average molecular weight is 371 g/mol. The molecule has 1 heterocycles. The smallest absolute Gasteiger partial charge is 0.387 e. The highest BCUT2D eigenvalue weighted by atomic mass is 32.1. The molecule has 1 aromatic heterocycles. The maximum absolute atomic E-state index is 12.9. The summed E-state index contributed by atoms with van der Waals surface area (Å²) in [7, 11) is 0. The van der Waals surface area contributed by atoms with E-state index in [2.05, 4.69) is 5.32 Å². The summed E-state index contributed by atoms with van der Waals surface area (Å²) in [6, 6.07) is 8.04. The van der Waals surface area contributed by atoms with Crippen molar-refractivity contribution in [1.29, 1.82) is 0 Å². The molecule has 0 aliphatic rings. The molecule has 4 nitrogen and oxygen atoms in total. The average Bonchev–Trinajstić information content (AvgIpc) is 3.11. The summed E-state index contributed by atoms with van der Waals surface area (Å²) >= 11 is 1.27. The van der Waals surface area contributed by atoms with Crippen LogP contribution in [0.2, 0.25) is 0 Å². The molecule has 25 heavy (non-hydrogen) atoms. The fourth-order valence-corrected chi connectivity index (χ4v) is 2.94. The molecule has 0 saturated heterocycles. The number of halogens is 3. The van der Waals surface area contributed by atoms with Crippen molar-refractivity contribution >= 4 is 23.0 Å². The minimum atomic E-state index is -4.59. The molecular formula is C17H16F3NO3S. The first-order chi connectivity index (χ1) is 11.8. The number of carbonyl (C=O) groups is 2. The van der Waals surface area contributed by atoms with Crippen molar-refractivity contribution in [1.82, 2.24) is 5.32 Å². The molecule has 1 aromatic carbocycles. The van der Waals surface area contributed by atoms with E-state index < -0.39 is 23.8 Å². The summed E-state index contributed by atoms with van der Waals surface area (Å²) < 4.78 is 38.8. The van der Waals surface area contributed by atoms with Crippen LogP contribution in [0.15, 0.2) is 41.8 Å². The normalized spacial score (nSPS) is 12.6. The van der Waals surface area contributed by atoms with Gasteiger partial charge in [-0.2, -0.15) is 13.2 Å². The van der Waals surface area contributed by atoms with E-state index in [9.17, 15) is 27.9 Å². The fourth-order valence-electron chi connectivity index (χ4n) is 2.24. The molecule has 8 heteroatoms. The zero-order chi connectivity index (χ0) is 18.4. The van der Waals surface area contributed by atoms with Crippen LogP contribution in [0.25, 0.3) is 0 Å². The second-order valence-corrected chi connectivity index (χ2v) is 6.25. The number of rotatable bonds is 7. The van der Waals surface area contributed by atoms with Crippen molar-refractivity contribution in [2.45, 2.75) is 25.1 Å². The van der Waals surface area contributed by atoms with Crippen LogP contribution >= 0.6 is 11.3 Å². The van der Waals surface area contributed by atoms with E-state index in [1.54, 1.807) is 17.5 Å². The molecule has 0 aliphatic carbocycles. The first kappa shape index (κ1) is 19.1. The topological polar surface area (TPSA) is 66.4 Å². The number of hydrogen-bond acceptors (Lipinski definition) is 4. The lowest BCUT2D eigenvalue weighted by atomic mass is 10.0. The molecule has 134 valence electrons. The molecule has 2 aromatic rings. The largest absolute Gasteiger partial charge is 0.416 e. The van der Waals surface area contributed by atoms with Crippen LogP contribution in [0.3, 0.4) is 0 Å². The summed E-state index contributed by atoms with van der Waals surface area (Å²) in [6.07, 6.45) is -6.17. The van der Waals surface area contributed by atoms with Gasteiger partial charge in [-0.05, 0) is 23.1 Å². The van der Waals surface area contributed by atoms with Gasteiger partial charge >= 0.3 is 6.18 Å². The minimum absolute atomic E-state index is 0.00157. The number of benzene rings is 1. The summed E-state index contributed by atoms with van der Waals surface area (Å²) in [4.78, 5) is 24.1. The molecule has 0 unspecified atom stereocenters. The summed E-state index contributed by atoms with van der Waals surface area (Å²) in [5, 5.41) is 14.1. The Morgan fingerprint density at radius 2 is 1.84 bits per heavy atom. The fraction of sp³-hybridized carbons (Fsp3) is 0.294. The zero-order valence-electron chi connectivity index (χ0n) is 13.0. The van der Waals surface area contributed by atoms with E-state index in [1.807, 2.05) is 0 Å². The third-order valence-electron chi connectivity index (χ3n) is 3.49. The molecule has 0 spiro atoms. The van der Waals surface area contributed by atoms with Gasteiger partial charge in [-0.15, -0.1) is 11.3 Å². The zero-order valence-corrected chi connectivity index (χ0v) is 13.9. The standard InChI is InChI=1S/C17H16F3NO3S/c18-17(19,20)12-5-2-1-4-11(12)14(23)10-21-16(24)8-7-13(22)15-6-3-9-25-15/h1-6,9,14,23H,7-8,10H2,(H,21,24)/t14-/m1/s1. The summed E-state index contributed by atoms with van der Waals surface area (Å²) in [5.41, 5.74) is -1.24. The van der Waals surface area contributed by atoms with E-state index in [4.69, 9.17) is 0 Å². The minimum Gasteiger partial charge on any atom is -0.387 e. The van der Waals surface area contributed by atoms with Crippen LogP contribution in [0, 0.1) is 0 Å². The Hall–Kier alpha value is -2.19. The molecule has 1 atom stereocenters. The molecule has 0 aliphatic heterocycles. The number of aliphatic hydroxyl groups excluding tert-OH is 1. The number of alkyl halides is 3. The van der Waals surface area contributed by atoms with Gasteiger partial charge in [0.1, 0.15) is 0 Å². The first-order valence-electron chi connectivity index (χ1n) is 7.46. The Bertz CT molecular complexity index is 729. The third-order valence-corrected chi connectivity index (χ3v) is 4.40. The van der Waals surface area contributed by atoms with Gasteiger partial charge in [0.2, 0.25) is 5.91 Å². The molecule has 0 saturated carbocycles. The quantitative estimate of drug-likeness (QED) is 0.731. The predicted octanol–water partition coefficient (Wildman–Crippen LogP) is 3.58. The van der Waals surface area contributed by atoms with Crippen LogP contribution in [-0.2, 0) is 11.0 Å². The number of thiophene rings is 1. The number of aliphatic hydroxyl groups is 1. The summed E-state index contributed by atoms with van der Waals surface area (Å²) in [5.74, 6) is -0.679. The highest BCUT2D eigenvalue weighted by Gasteiger charge is 2.34. The van der Waals surface area contributed by atoms with E-state index in [0.29, 0.717) is 4.88 Å². The highest BCUT2D eigenvalue weighted by Crippen LogP contribution is 2.34. The van der Waals surface area contributed by atoms with Crippen molar-refractivity contribution in [3.8, 4) is 0 Å². The second-order valence-electron chi connectivity index (χ2n) is 5.31. The lowest BCUT2D eigenvalue weighted by molar-refractivity contribution is -0.139. The van der Waals surface area contributed by atoms with Crippen LogP contribution < -0.4 is 5.32 Å². The molecule has 0 radical (unpaired) electrons. The SMILES string of the molecule is O=C(CCC(=O)c1cccs1)NC[C@@H](O)c1ccccc1C(F)(F)F. The number of nitrogens with one attached hydrogen (secondary N) is 1. The van der Waals surface area contributed by atoms with Gasteiger partial charge < -0.3 is 10.4 Å². The molecule has 0 bridgehead atoms. The van der Waals surface area contributed by atoms with Crippen molar-refractivity contribution in [2.24, 2.45) is 0 Å². The van der Waals surface area contributed by atoms with Crippen molar-refractivity contribution in [2.75, 3.05) is 6.54 Å². The number of carbonyl (C=O) groups excluding carboxylic acids is 2. The number of hydrogen-bond donors (Lipinski definition) is 2. The Morgan fingerprint density at radius 3 is 2.48 bits per heavy atom. The third kappa shape index (κ3) is 5.40.